The van der Waals surface area contributed by atoms with Crippen LogP contribution in [0.5, 0.6) is 0 Å². The Kier molecular flexibility index (Phi) is 2.84. The molecule has 0 rings (SSSR count). The van der Waals surface area contributed by atoms with Crippen LogP contribution in [0.1, 0.15) is 27.2 Å². The Morgan fingerprint density at radius 1 is 1.60 bits per heavy atom. The lowest BCUT2D eigenvalue weighted by molar-refractivity contribution is -0.153. The molecule has 60 valence electrons. The van der Waals surface area contributed by atoms with Gasteiger partial charge in [0.15, 0.2) is 6.10 Å². The molecule has 0 aliphatic carbocycles. The first-order valence-electron chi connectivity index (χ1n) is 3.32. The van der Waals surface area contributed by atoms with Crippen molar-refractivity contribution < 1.29 is 15.0 Å². The summed E-state index contributed by atoms with van der Waals surface area (Å²) in [6.07, 6.45) is -0.599. The molecule has 0 saturated heterocycles. The van der Waals surface area contributed by atoms with E-state index in [0.717, 1.165) is 0 Å². The topological polar surface area (TPSA) is 57.5 Å². The third-order valence-corrected chi connectivity index (χ3v) is 1.89. The van der Waals surface area contributed by atoms with Crippen molar-refractivity contribution in [1.29, 1.82) is 0 Å². The van der Waals surface area contributed by atoms with Gasteiger partial charge in [-0.1, -0.05) is 20.8 Å². The van der Waals surface area contributed by atoms with Gasteiger partial charge in [0.2, 0.25) is 0 Å². The van der Waals surface area contributed by atoms with Gasteiger partial charge in [0.05, 0.1) is 0 Å². The Labute approximate surface area is 60.7 Å². The summed E-state index contributed by atoms with van der Waals surface area (Å²) in [5.41, 5.74) is -0.522. The van der Waals surface area contributed by atoms with Crippen LogP contribution >= 0.6 is 0 Å². The van der Waals surface area contributed by atoms with Crippen molar-refractivity contribution in [2.24, 2.45) is 5.41 Å². The average Bonchev–Trinajstić information content (AvgIpc) is 1.86. The highest BCUT2D eigenvalue weighted by atomic mass is 16.4. The molecular formula is C7H14O3. The second-order valence-corrected chi connectivity index (χ2v) is 3.08. The summed E-state index contributed by atoms with van der Waals surface area (Å²) in [6, 6.07) is 0. The molecule has 0 fully saturated rings. The number of aliphatic hydroxyl groups excluding tert-OH is 1. The van der Waals surface area contributed by atoms with Crippen LogP contribution in [-0.2, 0) is 4.79 Å². The molecule has 3 heteroatoms. The van der Waals surface area contributed by atoms with E-state index in [2.05, 4.69) is 0 Å². The average molecular weight is 146 g/mol. The third-order valence-electron chi connectivity index (χ3n) is 1.89. The lowest BCUT2D eigenvalue weighted by Crippen LogP contribution is -2.35. The fraction of sp³-hybridized carbons (Fsp3) is 0.857. The van der Waals surface area contributed by atoms with E-state index in [1.165, 1.54) is 0 Å². The van der Waals surface area contributed by atoms with Crippen LogP contribution in [0.3, 0.4) is 0 Å². The smallest absolute Gasteiger partial charge is 0.333 e. The van der Waals surface area contributed by atoms with Crippen LogP contribution in [0.25, 0.3) is 0 Å². The van der Waals surface area contributed by atoms with Gasteiger partial charge in [0, 0.05) is 5.41 Å². The zero-order valence-corrected chi connectivity index (χ0v) is 6.59. The Balaban J connectivity index is 4.17. The number of hydrogen-bond acceptors (Lipinski definition) is 2. The predicted molar refractivity (Wildman–Crippen MR) is 37.7 cm³/mol. The van der Waals surface area contributed by atoms with E-state index in [1.807, 2.05) is 6.92 Å². The summed E-state index contributed by atoms with van der Waals surface area (Å²) >= 11 is 0. The maximum atomic E-state index is 10.3. The Morgan fingerprint density at radius 3 is 2.10 bits per heavy atom. The molecule has 0 aromatic rings. The summed E-state index contributed by atoms with van der Waals surface area (Å²) in [6.45, 7) is 5.31. The van der Waals surface area contributed by atoms with Crippen molar-refractivity contribution in [1.82, 2.24) is 0 Å². The van der Waals surface area contributed by atoms with Gasteiger partial charge in [-0.25, -0.2) is 4.79 Å². The van der Waals surface area contributed by atoms with Crippen molar-refractivity contribution in [3.05, 3.63) is 0 Å². The Hall–Kier alpha value is -0.570. The fourth-order valence-corrected chi connectivity index (χ4v) is 0.528. The number of carboxylic acids is 1. The van der Waals surface area contributed by atoms with Crippen LogP contribution < -0.4 is 0 Å². The van der Waals surface area contributed by atoms with Gasteiger partial charge >= 0.3 is 5.97 Å². The molecule has 0 heterocycles. The Bertz CT molecular complexity index is 129. The zero-order chi connectivity index (χ0) is 8.36. The van der Waals surface area contributed by atoms with Gasteiger partial charge < -0.3 is 10.2 Å². The molecule has 10 heavy (non-hydrogen) atoms. The number of carboxylic acid groups (broad SMARTS) is 1. The van der Waals surface area contributed by atoms with E-state index in [-0.39, 0.29) is 0 Å². The molecule has 0 spiro atoms. The van der Waals surface area contributed by atoms with E-state index in [0.29, 0.717) is 6.42 Å². The van der Waals surface area contributed by atoms with Crippen molar-refractivity contribution in [2.45, 2.75) is 33.3 Å². The van der Waals surface area contributed by atoms with Crippen molar-refractivity contribution in [2.75, 3.05) is 0 Å². The second kappa shape index (κ2) is 3.01. The molecule has 2 N–H and O–H groups in total. The van der Waals surface area contributed by atoms with Gasteiger partial charge in [-0.3, -0.25) is 0 Å². The van der Waals surface area contributed by atoms with Crippen LogP contribution in [0.15, 0.2) is 0 Å². The SMILES string of the molecule is CCC(C)(C)[C@H](O)C(=O)O. The first kappa shape index (κ1) is 9.43. The van der Waals surface area contributed by atoms with Crippen LogP contribution in [0, 0.1) is 5.41 Å². The monoisotopic (exact) mass is 146 g/mol. The van der Waals surface area contributed by atoms with E-state index >= 15 is 0 Å². The summed E-state index contributed by atoms with van der Waals surface area (Å²) in [4.78, 5) is 10.3. The highest BCUT2D eigenvalue weighted by molar-refractivity contribution is 5.72. The van der Waals surface area contributed by atoms with Crippen LogP contribution in [0.2, 0.25) is 0 Å². The third kappa shape index (κ3) is 1.99. The number of aliphatic hydroxyl groups is 1. The number of rotatable bonds is 3. The second-order valence-electron chi connectivity index (χ2n) is 3.08. The summed E-state index contributed by atoms with van der Waals surface area (Å²) in [5, 5.41) is 17.5. The molecule has 3 nitrogen and oxygen atoms in total. The Morgan fingerprint density at radius 2 is 2.00 bits per heavy atom. The molecule has 1 atom stereocenters. The van der Waals surface area contributed by atoms with Gasteiger partial charge in [0.25, 0.3) is 0 Å². The lowest BCUT2D eigenvalue weighted by Gasteiger charge is -2.25. The van der Waals surface area contributed by atoms with Gasteiger partial charge in [0.1, 0.15) is 0 Å². The van der Waals surface area contributed by atoms with E-state index in [1.54, 1.807) is 13.8 Å². The highest BCUT2D eigenvalue weighted by Gasteiger charge is 2.31. The first-order valence-corrected chi connectivity index (χ1v) is 3.32. The normalized spacial score (nSPS) is 14.8. The molecule has 0 unspecified atom stereocenters. The fourth-order valence-electron chi connectivity index (χ4n) is 0.528. The zero-order valence-electron chi connectivity index (χ0n) is 6.59. The number of aliphatic carboxylic acids is 1. The van der Waals surface area contributed by atoms with Crippen molar-refractivity contribution >= 4 is 5.97 Å². The van der Waals surface area contributed by atoms with Crippen molar-refractivity contribution in [3.8, 4) is 0 Å². The minimum Gasteiger partial charge on any atom is -0.479 e. The number of carbonyl (C=O) groups is 1. The predicted octanol–water partition coefficient (Wildman–Crippen LogP) is 0.868. The standard InChI is InChI=1S/C7H14O3/c1-4-7(2,3)5(8)6(9)10/h5,8H,4H2,1-3H3,(H,9,10)/t5-/m1/s1. The summed E-state index contributed by atoms with van der Waals surface area (Å²) in [5.74, 6) is -1.15. The van der Waals surface area contributed by atoms with Gasteiger partial charge in [-0.15, -0.1) is 0 Å². The molecule has 0 aliphatic rings. The molecule has 0 aromatic heterocycles. The quantitative estimate of drug-likeness (QED) is 0.621. The van der Waals surface area contributed by atoms with Gasteiger partial charge in [-0.05, 0) is 6.42 Å². The molecule has 0 radical (unpaired) electrons. The van der Waals surface area contributed by atoms with E-state index in [9.17, 15) is 4.79 Å². The highest BCUT2D eigenvalue weighted by Crippen LogP contribution is 2.24. The van der Waals surface area contributed by atoms with Gasteiger partial charge in [-0.2, -0.15) is 0 Å². The maximum absolute atomic E-state index is 10.3. The molecule has 0 amide bonds. The molecule has 0 saturated carbocycles. The number of hydrogen-bond donors (Lipinski definition) is 2. The molecular weight excluding hydrogens is 132 g/mol. The van der Waals surface area contributed by atoms with E-state index < -0.39 is 17.5 Å². The van der Waals surface area contributed by atoms with E-state index in [4.69, 9.17) is 10.2 Å². The largest absolute Gasteiger partial charge is 0.479 e. The minimum absolute atomic E-state index is 0.522. The van der Waals surface area contributed by atoms with Crippen LogP contribution in [-0.4, -0.2) is 22.3 Å². The molecule has 0 bridgehead atoms. The van der Waals surface area contributed by atoms with Crippen molar-refractivity contribution in [3.63, 3.8) is 0 Å². The lowest BCUT2D eigenvalue weighted by atomic mass is 9.84. The first-order chi connectivity index (χ1) is 4.41. The summed E-state index contributed by atoms with van der Waals surface area (Å²) < 4.78 is 0. The minimum atomic E-state index is -1.25. The molecule has 0 aromatic carbocycles. The molecule has 0 aliphatic heterocycles. The maximum Gasteiger partial charge on any atom is 0.333 e. The summed E-state index contributed by atoms with van der Waals surface area (Å²) in [7, 11) is 0. The van der Waals surface area contributed by atoms with Crippen LogP contribution in [0.4, 0.5) is 0 Å².